The average Bonchev–Trinajstić information content (AvgIpc) is 2.30. The maximum absolute atomic E-state index is 13.5. The van der Waals surface area contributed by atoms with Gasteiger partial charge in [0.2, 0.25) is 11.8 Å². The van der Waals surface area contributed by atoms with Crippen LogP contribution < -0.4 is 4.74 Å². The predicted molar refractivity (Wildman–Crippen MR) is 56.2 cm³/mol. The van der Waals surface area contributed by atoms with Gasteiger partial charge in [0.15, 0.2) is 0 Å². The highest BCUT2D eigenvalue weighted by Crippen LogP contribution is 2.32. The Kier molecular flexibility index (Phi) is 5.39. The molecule has 0 N–H and O–H groups in total. The highest BCUT2D eigenvalue weighted by molar-refractivity contribution is 5.72. The normalized spacial score (nSPS) is 11.6. The molecule has 1 heterocycles. The number of carbonyl (C=O) groups is 1. The number of rotatable bonds is 5. The van der Waals surface area contributed by atoms with Crippen LogP contribution in [0.4, 0.5) is 26.3 Å². The Labute approximate surface area is 114 Å². The van der Waals surface area contributed by atoms with E-state index in [9.17, 15) is 31.1 Å². The molecule has 0 bridgehead atoms. The molecule has 10 heteroatoms. The zero-order valence-electron chi connectivity index (χ0n) is 10.5. The van der Waals surface area contributed by atoms with Crippen molar-refractivity contribution in [1.29, 1.82) is 0 Å². The summed E-state index contributed by atoms with van der Waals surface area (Å²) in [7, 11) is 0. The van der Waals surface area contributed by atoms with Crippen LogP contribution >= 0.6 is 0 Å². The lowest BCUT2D eigenvalue weighted by Crippen LogP contribution is -2.20. The summed E-state index contributed by atoms with van der Waals surface area (Å²) in [6.07, 6.45) is -9.43. The topological polar surface area (TPSA) is 48.4 Å². The number of aromatic nitrogens is 1. The lowest BCUT2D eigenvalue weighted by atomic mass is 10.1. The molecule has 0 atom stereocenters. The summed E-state index contributed by atoms with van der Waals surface area (Å²) < 4.78 is 82.6. The summed E-state index contributed by atoms with van der Waals surface area (Å²) in [5.41, 5.74) is -1.88. The lowest BCUT2D eigenvalue weighted by molar-refractivity contribution is -0.276. The van der Waals surface area contributed by atoms with Crippen LogP contribution in [0.2, 0.25) is 0 Å². The molecule has 0 unspecified atom stereocenters. The third kappa shape index (κ3) is 5.12. The van der Waals surface area contributed by atoms with Gasteiger partial charge in [-0.25, -0.2) is 8.78 Å². The molecule has 21 heavy (non-hydrogen) atoms. The van der Waals surface area contributed by atoms with Crippen LogP contribution in [0.5, 0.6) is 5.88 Å². The van der Waals surface area contributed by atoms with Crippen molar-refractivity contribution in [3.8, 4) is 5.88 Å². The smallest absolute Gasteiger partial charge is 0.466 e. The summed E-state index contributed by atoms with van der Waals surface area (Å²) in [6.45, 7) is 1.45. The maximum Gasteiger partial charge on any atom is 0.574 e. The molecular formula is C11H9F6NO3. The predicted octanol–water partition coefficient (Wildman–Crippen LogP) is 3.16. The third-order valence-electron chi connectivity index (χ3n) is 2.13. The summed E-state index contributed by atoms with van der Waals surface area (Å²) in [5.74, 6) is -4.04. The van der Waals surface area contributed by atoms with Gasteiger partial charge in [-0.05, 0) is 13.0 Å². The molecule has 0 aliphatic heterocycles. The summed E-state index contributed by atoms with van der Waals surface area (Å²) in [5, 5.41) is 0. The molecule has 1 aromatic heterocycles. The Morgan fingerprint density at radius 3 is 2.48 bits per heavy atom. The van der Waals surface area contributed by atoms with Crippen LogP contribution in [0.1, 0.15) is 24.5 Å². The van der Waals surface area contributed by atoms with E-state index in [0.29, 0.717) is 6.07 Å². The van der Waals surface area contributed by atoms with Crippen molar-refractivity contribution < 1.29 is 40.6 Å². The van der Waals surface area contributed by atoms with E-state index >= 15 is 0 Å². The van der Waals surface area contributed by atoms with Gasteiger partial charge in [0.25, 0.3) is 6.43 Å². The highest BCUT2D eigenvalue weighted by atomic mass is 19.4. The van der Waals surface area contributed by atoms with Gasteiger partial charge in [0.05, 0.1) is 18.6 Å². The summed E-state index contributed by atoms with van der Waals surface area (Å²) >= 11 is 0. The number of pyridine rings is 1. The second-order valence-corrected chi connectivity index (χ2v) is 3.66. The van der Waals surface area contributed by atoms with Crippen LogP contribution in [-0.4, -0.2) is 23.9 Å². The molecule has 4 nitrogen and oxygen atoms in total. The number of carbonyl (C=O) groups excluding carboxylic acids is 1. The number of ether oxygens (including phenoxy) is 2. The van der Waals surface area contributed by atoms with Gasteiger partial charge in [-0.3, -0.25) is 4.79 Å². The Morgan fingerprint density at radius 2 is 2.00 bits per heavy atom. The molecule has 1 aromatic rings. The monoisotopic (exact) mass is 317 g/mol. The Bertz CT molecular complexity index is 517. The SMILES string of the molecule is CCOC(=O)Cc1cc(C(F)F)c(OC(F)(F)F)nc1F. The van der Waals surface area contributed by atoms with E-state index < -0.39 is 48.1 Å². The fraction of sp³-hybridized carbons (Fsp3) is 0.455. The van der Waals surface area contributed by atoms with E-state index in [4.69, 9.17) is 0 Å². The Hall–Kier alpha value is -2.00. The first-order valence-electron chi connectivity index (χ1n) is 5.52. The third-order valence-corrected chi connectivity index (χ3v) is 2.13. The van der Waals surface area contributed by atoms with E-state index in [1.165, 1.54) is 6.92 Å². The van der Waals surface area contributed by atoms with Crippen molar-refractivity contribution in [3.05, 3.63) is 23.1 Å². The van der Waals surface area contributed by atoms with Crippen LogP contribution in [0.15, 0.2) is 6.07 Å². The van der Waals surface area contributed by atoms with Gasteiger partial charge in [0, 0.05) is 5.56 Å². The molecule has 0 aromatic carbocycles. The van der Waals surface area contributed by atoms with Gasteiger partial charge in [-0.15, -0.1) is 13.2 Å². The van der Waals surface area contributed by atoms with Crippen molar-refractivity contribution >= 4 is 5.97 Å². The van der Waals surface area contributed by atoms with Gasteiger partial charge in [-0.2, -0.15) is 9.37 Å². The standard InChI is InChI=1S/C11H9F6NO3/c1-2-20-7(19)4-5-3-6(8(12)13)10(18-9(5)14)21-11(15,16)17/h3,8H,2,4H2,1H3. The second kappa shape index (κ2) is 6.64. The molecule has 0 saturated carbocycles. The first-order valence-corrected chi connectivity index (χ1v) is 5.52. The van der Waals surface area contributed by atoms with Crippen LogP contribution in [0.25, 0.3) is 0 Å². The van der Waals surface area contributed by atoms with E-state index in [0.717, 1.165) is 0 Å². The van der Waals surface area contributed by atoms with E-state index in [1.54, 1.807) is 0 Å². The first kappa shape index (κ1) is 17.1. The average molecular weight is 317 g/mol. The number of halogens is 6. The maximum atomic E-state index is 13.5. The van der Waals surface area contributed by atoms with Gasteiger partial charge < -0.3 is 9.47 Å². The molecule has 0 fully saturated rings. The fourth-order valence-corrected chi connectivity index (χ4v) is 1.37. The molecule has 0 aliphatic carbocycles. The lowest BCUT2D eigenvalue weighted by Gasteiger charge is -2.13. The van der Waals surface area contributed by atoms with E-state index in [-0.39, 0.29) is 6.61 Å². The molecule has 0 spiro atoms. The van der Waals surface area contributed by atoms with Crippen LogP contribution in [-0.2, 0) is 16.0 Å². The highest BCUT2D eigenvalue weighted by Gasteiger charge is 2.35. The molecular weight excluding hydrogens is 308 g/mol. The molecule has 0 radical (unpaired) electrons. The van der Waals surface area contributed by atoms with Gasteiger partial charge in [-0.1, -0.05) is 0 Å². The Balaban J connectivity index is 3.14. The molecule has 118 valence electrons. The minimum atomic E-state index is -5.30. The largest absolute Gasteiger partial charge is 0.574 e. The van der Waals surface area contributed by atoms with Crippen molar-refractivity contribution in [2.45, 2.75) is 26.1 Å². The van der Waals surface area contributed by atoms with E-state index in [2.05, 4.69) is 14.5 Å². The number of hydrogen-bond acceptors (Lipinski definition) is 4. The zero-order valence-corrected chi connectivity index (χ0v) is 10.5. The van der Waals surface area contributed by atoms with E-state index in [1.807, 2.05) is 0 Å². The Morgan fingerprint density at radius 1 is 1.38 bits per heavy atom. The molecule has 0 aliphatic rings. The fourth-order valence-electron chi connectivity index (χ4n) is 1.37. The molecule has 0 saturated heterocycles. The number of nitrogens with zero attached hydrogens (tertiary/aromatic N) is 1. The minimum absolute atomic E-state index is 0.0230. The van der Waals surface area contributed by atoms with Crippen molar-refractivity contribution in [2.75, 3.05) is 6.61 Å². The number of hydrogen-bond donors (Lipinski definition) is 0. The summed E-state index contributed by atoms with van der Waals surface area (Å²) in [4.78, 5) is 13.8. The number of alkyl halides is 5. The van der Waals surface area contributed by atoms with Gasteiger partial charge in [0.1, 0.15) is 0 Å². The second-order valence-electron chi connectivity index (χ2n) is 3.66. The first-order chi connectivity index (χ1) is 9.64. The summed E-state index contributed by atoms with van der Waals surface area (Å²) in [6, 6.07) is 0.394. The van der Waals surface area contributed by atoms with Crippen molar-refractivity contribution in [1.82, 2.24) is 4.98 Å². The van der Waals surface area contributed by atoms with Crippen LogP contribution in [0.3, 0.4) is 0 Å². The molecule has 1 rings (SSSR count). The minimum Gasteiger partial charge on any atom is -0.466 e. The quantitative estimate of drug-likeness (QED) is 0.475. The van der Waals surface area contributed by atoms with Crippen LogP contribution in [0, 0.1) is 5.95 Å². The van der Waals surface area contributed by atoms with Gasteiger partial charge >= 0.3 is 12.3 Å². The van der Waals surface area contributed by atoms with Crippen molar-refractivity contribution in [3.63, 3.8) is 0 Å². The van der Waals surface area contributed by atoms with Crippen molar-refractivity contribution in [2.24, 2.45) is 0 Å². The molecule has 0 amide bonds. The number of esters is 1. The zero-order chi connectivity index (χ0) is 16.2.